The molecular formula is C57H58N14O3S. The molecule has 4 aliphatic rings. The minimum atomic E-state index is 0.165. The molecule has 4 aliphatic heterocycles. The van der Waals surface area contributed by atoms with Gasteiger partial charge in [0.25, 0.3) is 0 Å². The van der Waals surface area contributed by atoms with Crippen LogP contribution in [0.15, 0.2) is 136 Å². The zero-order valence-corrected chi connectivity index (χ0v) is 42.8. The standard InChI is InChI=1S/C25H22N6OS.C12H13N3O.C10H13N3O.C10H10N2/c1-17-28-24(29-32-17)20-6-5-19-9-12-30(16-21(19)14-20)25-26-15-23(33-25)13-18-3-7-22(8-4-18)31-11-2-10-27-31;1-8-14-12(15-16-8)10-3-2-9-4-5-13-7-11(9)6-10;11-10(13-14)8-2-1-7-3-4-12-6-9(7)5-8;1-11-10-3-2-8-4-5-12-7-9(8)6-10/h2-8,10-11,14-15H,9,12-13,16H2,1H3;2-3,6,13H,4-5,7H2,1H3;1-2,5,12,14H,3-4,6H2,(H2,11,13);2-3,6,12H,4-5,7H2. The summed E-state index contributed by atoms with van der Waals surface area (Å²) in [6.07, 6.45) is 10.9. The first-order valence-corrected chi connectivity index (χ1v) is 25.9. The molecule has 5 aromatic carbocycles. The van der Waals surface area contributed by atoms with E-state index < -0.39 is 0 Å². The Balaban J connectivity index is 0.000000127. The summed E-state index contributed by atoms with van der Waals surface area (Å²) in [5, 5.41) is 34.8. The Kier molecular flexibility index (Phi) is 15.9. The van der Waals surface area contributed by atoms with Crippen molar-refractivity contribution in [2.75, 3.05) is 31.1 Å². The van der Waals surface area contributed by atoms with Gasteiger partial charge < -0.3 is 40.8 Å². The number of aromatic nitrogens is 7. The molecule has 0 spiro atoms. The number of thiazole rings is 1. The van der Waals surface area contributed by atoms with Crippen molar-refractivity contribution < 1.29 is 14.3 Å². The van der Waals surface area contributed by atoms with E-state index in [0.717, 1.165) is 118 Å². The van der Waals surface area contributed by atoms with Crippen LogP contribution in [0.25, 0.3) is 33.3 Å². The zero-order chi connectivity index (χ0) is 51.5. The van der Waals surface area contributed by atoms with Gasteiger partial charge in [0.1, 0.15) is 0 Å². The molecule has 0 unspecified atom stereocenters. The number of benzene rings is 5. The van der Waals surface area contributed by atoms with Gasteiger partial charge in [0.15, 0.2) is 16.7 Å². The molecule has 9 aromatic rings. The Hall–Kier alpha value is -8.34. The van der Waals surface area contributed by atoms with Gasteiger partial charge in [-0.3, -0.25) is 0 Å². The monoisotopic (exact) mass is 1020 g/mol. The summed E-state index contributed by atoms with van der Waals surface area (Å²) in [5.74, 6) is 2.66. The predicted octanol–water partition coefficient (Wildman–Crippen LogP) is 8.84. The maximum absolute atomic E-state index is 8.54. The van der Waals surface area contributed by atoms with Crippen molar-refractivity contribution in [1.82, 2.24) is 51.0 Å². The number of anilines is 1. The fraction of sp³-hybridized carbons (Fsp3) is 0.263. The minimum absolute atomic E-state index is 0.165. The summed E-state index contributed by atoms with van der Waals surface area (Å²) < 4.78 is 12.0. The summed E-state index contributed by atoms with van der Waals surface area (Å²) in [4.78, 5) is 20.4. The highest BCUT2D eigenvalue weighted by Gasteiger charge is 2.21. The average molecular weight is 1020 g/mol. The molecular weight excluding hydrogens is 961 g/mol. The number of fused-ring (bicyclic) bond motifs is 4. The minimum Gasteiger partial charge on any atom is -0.409 e. The fourth-order valence-electron chi connectivity index (χ4n) is 9.46. The predicted molar refractivity (Wildman–Crippen MR) is 290 cm³/mol. The van der Waals surface area contributed by atoms with Gasteiger partial charge in [-0.15, -0.1) is 11.3 Å². The molecule has 17 nitrogen and oxygen atoms in total. The lowest BCUT2D eigenvalue weighted by atomic mass is 9.97. The van der Waals surface area contributed by atoms with Crippen LogP contribution in [0.2, 0.25) is 0 Å². The van der Waals surface area contributed by atoms with Crippen LogP contribution in [0, 0.1) is 20.4 Å². The van der Waals surface area contributed by atoms with E-state index in [0.29, 0.717) is 23.4 Å². The SMILES string of the molecule is Cc1nc(-c2ccc3c(c2)CN(c2ncc(Cc4ccc(-n5cccn5)cc4)s2)CC3)no1.Cc1nc(-c2ccc3c(c2)CNCC3)no1.N/C(=N\O)c1ccc2c(c1)CNCC2.[C-]#[N+]c1ccc2c(c1)CNCC2. The molecule has 0 saturated heterocycles. The number of nitrogens with zero attached hydrogens (tertiary/aromatic N) is 10. The average Bonchev–Trinajstić information content (AvgIpc) is 4.33. The first-order chi connectivity index (χ1) is 36.7. The molecule has 18 heteroatoms. The van der Waals surface area contributed by atoms with Gasteiger partial charge in [0.2, 0.25) is 23.4 Å². The van der Waals surface area contributed by atoms with Crippen LogP contribution in [0.3, 0.4) is 0 Å². The smallest absolute Gasteiger partial charge is 0.223 e. The molecule has 75 heavy (non-hydrogen) atoms. The van der Waals surface area contributed by atoms with Crippen molar-refractivity contribution >= 4 is 28.0 Å². The number of amidine groups is 1. The highest BCUT2D eigenvalue weighted by molar-refractivity contribution is 7.15. The van der Waals surface area contributed by atoms with Gasteiger partial charge in [-0.1, -0.05) is 82.2 Å². The second kappa shape index (κ2) is 23.7. The van der Waals surface area contributed by atoms with E-state index in [4.69, 9.17) is 31.5 Å². The third-order valence-electron chi connectivity index (χ3n) is 13.5. The summed E-state index contributed by atoms with van der Waals surface area (Å²) >= 11 is 1.77. The van der Waals surface area contributed by atoms with Crippen molar-refractivity contribution in [3.05, 3.63) is 205 Å². The van der Waals surface area contributed by atoms with E-state index in [1.165, 1.54) is 54.9 Å². The highest BCUT2D eigenvalue weighted by Crippen LogP contribution is 2.32. The second-order valence-corrected chi connectivity index (χ2v) is 19.7. The van der Waals surface area contributed by atoms with Crippen LogP contribution in [0.4, 0.5) is 10.8 Å². The summed E-state index contributed by atoms with van der Waals surface area (Å²) in [6.45, 7) is 18.1. The Morgan fingerprint density at radius 2 is 1.31 bits per heavy atom. The Bertz CT molecular complexity index is 3450. The van der Waals surface area contributed by atoms with E-state index in [-0.39, 0.29) is 5.84 Å². The third kappa shape index (κ3) is 12.5. The first-order valence-electron chi connectivity index (χ1n) is 25.1. The van der Waals surface area contributed by atoms with Crippen LogP contribution < -0.4 is 26.6 Å². The zero-order valence-electron chi connectivity index (χ0n) is 42.0. The lowest BCUT2D eigenvalue weighted by Crippen LogP contribution is -2.30. The van der Waals surface area contributed by atoms with Crippen molar-refractivity contribution in [1.29, 1.82) is 0 Å². The van der Waals surface area contributed by atoms with E-state index in [1.807, 2.05) is 60.4 Å². The van der Waals surface area contributed by atoms with Crippen molar-refractivity contribution in [2.24, 2.45) is 10.9 Å². The normalized spacial score (nSPS) is 14.5. The second-order valence-electron chi connectivity index (χ2n) is 18.6. The molecule has 0 saturated carbocycles. The highest BCUT2D eigenvalue weighted by atomic mass is 32.1. The van der Waals surface area contributed by atoms with Gasteiger partial charge in [0.05, 0.1) is 12.3 Å². The van der Waals surface area contributed by atoms with Crippen molar-refractivity contribution in [3.63, 3.8) is 0 Å². The molecule has 0 bridgehead atoms. The molecule has 8 heterocycles. The van der Waals surface area contributed by atoms with Crippen molar-refractivity contribution in [3.8, 4) is 28.5 Å². The van der Waals surface area contributed by atoms with E-state index in [2.05, 4.69) is 123 Å². The molecule has 0 aliphatic carbocycles. The number of hydrogen-bond donors (Lipinski definition) is 5. The summed E-state index contributed by atoms with van der Waals surface area (Å²) in [7, 11) is 0. The van der Waals surface area contributed by atoms with Crippen LogP contribution >= 0.6 is 11.3 Å². The van der Waals surface area contributed by atoms with Gasteiger partial charge in [-0.2, -0.15) is 15.1 Å². The molecule has 380 valence electrons. The van der Waals surface area contributed by atoms with Gasteiger partial charge in [-0.05, 0) is 132 Å². The molecule has 13 rings (SSSR count). The van der Waals surface area contributed by atoms with Gasteiger partial charge >= 0.3 is 0 Å². The van der Waals surface area contributed by atoms with Gasteiger partial charge in [-0.25, -0.2) is 14.5 Å². The van der Waals surface area contributed by atoms with Crippen LogP contribution in [0.1, 0.15) is 72.3 Å². The van der Waals surface area contributed by atoms with Crippen LogP contribution in [-0.4, -0.2) is 72.3 Å². The number of rotatable bonds is 7. The lowest BCUT2D eigenvalue weighted by molar-refractivity contribution is 0.318. The quantitative estimate of drug-likeness (QED) is 0.0332. The third-order valence-corrected chi connectivity index (χ3v) is 14.5. The molecule has 0 amide bonds. The molecule has 0 radical (unpaired) electrons. The van der Waals surface area contributed by atoms with E-state index in [9.17, 15) is 0 Å². The number of nitrogens with one attached hydrogen (secondary N) is 3. The maximum atomic E-state index is 8.54. The number of aryl methyl sites for hydroxylation is 2. The largest absolute Gasteiger partial charge is 0.409 e. The summed E-state index contributed by atoms with van der Waals surface area (Å²) in [6, 6.07) is 35.1. The first kappa shape index (κ1) is 50.2. The van der Waals surface area contributed by atoms with E-state index in [1.54, 1.807) is 24.5 Å². The lowest BCUT2D eigenvalue weighted by Gasteiger charge is -2.28. The topological polar surface area (TPSA) is 211 Å². The fourth-order valence-corrected chi connectivity index (χ4v) is 10.4. The summed E-state index contributed by atoms with van der Waals surface area (Å²) in [5.41, 5.74) is 22.1. The number of oxime groups is 1. The van der Waals surface area contributed by atoms with Crippen LogP contribution in [-0.2, 0) is 58.3 Å². The number of nitrogens with two attached hydrogens (primary N) is 1. The Morgan fingerprint density at radius 1 is 0.720 bits per heavy atom. The molecule has 0 atom stereocenters. The van der Waals surface area contributed by atoms with Crippen molar-refractivity contribution in [2.45, 2.75) is 72.1 Å². The Labute approximate surface area is 439 Å². The molecule has 6 N–H and O–H groups in total. The molecule has 0 fully saturated rings. The maximum Gasteiger partial charge on any atom is 0.223 e. The Morgan fingerprint density at radius 3 is 1.89 bits per heavy atom. The molecule has 4 aromatic heterocycles. The van der Waals surface area contributed by atoms with E-state index >= 15 is 0 Å². The number of hydrogen-bond acceptors (Lipinski definition) is 15. The van der Waals surface area contributed by atoms with Crippen LogP contribution in [0.5, 0.6) is 0 Å². The van der Waals surface area contributed by atoms with Gasteiger partial charge in [0, 0.05) is 93.2 Å².